The number of benzene rings is 2. The largest absolute Gasteiger partial charge is 0.497 e. The zero-order valence-electron chi connectivity index (χ0n) is 25.7. The molecule has 0 aliphatic heterocycles. The van der Waals surface area contributed by atoms with Crippen LogP contribution in [-0.4, -0.2) is 70.0 Å². The third kappa shape index (κ3) is 8.55. The Morgan fingerprint density at radius 2 is 1.82 bits per heavy atom. The number of nitrogens with one attached hydrogen (secondary N) is 2. The average molecular weight is 625 g/mol. The Labute approximate surface area is 259 Å². The van der Waals surface area contributed by atoms with Crippen molar-refractivity contribution < 1.29 is 33.2 Å². The van der Waals surface area contributed by atoms with E-state index in [4.69, 9.17) is 24.7 Å². The minimum absolute atomic E-state index is 0.0637. The molecule has 15 heteroatoms. The van der Waals surface area contributed by atoms with Crippen molar-refractivity contribution in [3.63, 3.8) is 0 Å². The second kappa shape index (κ2) is 14.6. The molecule has 0 saturated carbocycles. The molecule has 0 bridgehead atoms. The Bertz CT molecular complexity index is 1560. The molecule has 2 heterocycles. The molecule has 2 aromatic carbocycles. The second-order valence-corrected chi connectivity index (χ2v) is 11.0. The number of hydrogen-bond acceptors (Lipinski definition) is 12. The first-order chi connectivity index (χ1) is 21.5. The van der Waals surface area contributed by atoms with Crippen LogP contribution in [0.15, 0.2) is 54.9 Å². The molecule has 5 N–H and O–H groups in total. The average Bonchev–Trinajstić information content (AvgIpc) is 3.47. The number of methoxy groups -OCH3 is 2. The van der Waals surface area contributed by atoms with E-state index in [0.29, 0.717) is 17.0 Å². The highest BCUT2D eigenvalue weighted by molar-refractivity contribution is 5.68. The second-order valence-electron chi connectivity index (χ2n) is 11.0. The number of alkyl carbamates (subject to hydrolysis) is 1. The lowest BCUT2D eigenvalue weighted by molar-refractivity contribution is 0.103. The fraction of sp³-hybridized carbons (Fsp3) is 0.367. The highest BCUT2D eigenvalue weighted by Gasteiger charge is 2.28. The Hall–Kier alpha value is -5.02. The summed E-state index contributed by atoms with van der Waals surface area (Å²) in [5.74, 6) is -0.242. The summed E-state index contributed by atoms with van der Waals surface area (Å²) in [5, 5.41) is 19.7. The van der Waals surface area contributed by atoms with Gasteiger partial charge in [0.05, 0.1) is 27.4 Å². The highest BCUT2D eigenvalue weighted by Crippen LogP contribution is 2.36. The molecule has 14 nitrogen and oxygen atoms in total. The van der Waals surface area contributed by atoms with Crippen LogP contribution in [0.5, 0.6) is 17.5 Å². The number of hydrogen-bond donors (Lipinski definition) is 4. The molecule has 2 atom stereocenters. The highest BCUT2D eigenvalue weighted by atomic mass is 19.1. The lowest BCUT2D eigenvalue weighted by Crippen LogP contribution is -2.35. The van der Waals surface area contributed by atoms with E-state index in [2.05, 4.69) is 30.7 Å². The van der Waals surface area contributed by atoms with Crippen LogP contribution in [0.1, 0.15) is 49.9 Å². The molecule has 0 radical (unpaired) electrons. The molecule has 0 fully saturated rings. The molecule has 4 aromatic rings. The number of carbonyl (C=O) groups is 1. The van der Waals surface area contributed by atoms with Crippen LogP contribution < -0.4 is 30.6 Å². The van der Waals surface area contributed by atoms with E-state index in [-0.39, 0.29) is 54.3 Å². The Kier molecular flexibility index (Phi) is 10.7. The first-order valence-corrected chi connectivity index (χ1v) is 14.0. The number of carbonyl (C=O) groups excluding carboxylic acids is 1. The topological polar surface area (TPSA) is 181 Å². The SMILES string of the molecule is COc1cc(OCCO)c(F)c(C(Nc2ccc([C@H](N)NC(=O)OCC(C)(C)C)cc2)c2nc(OC)n(-c3ncccn3)n2)c1. The Balaban J connectivity index is 1.69. The van der Waals surface area contributed by atoms with E-state index in [1.54, 1.807) is 30.3 Å². The van der Waals surface area contributed by atoms with Gasteiger partial charge >= 0.3 is 12.1 Å². The molecule has 0 saturated heterocycles. The minimum atomic E-state index is -1.01. The fourth-order valence-corrected chi connectivity index (χ4v) is 4.05. The number of anilines is 1. The predicted molar refractivity (Wildman–Crippen MR) is 162 cm³/mol. The van der Waals surface area contributed by atoms with Gasteiger partial charge in [0.1, 0.15) is 24.6 Å². The zero-order chi connectivity index (χ0) is 32.6. The van der Waals surface area contributed by atoms with Gasteiger partial charge in [-0.05, 0) is 35.2 Å². The predicted octanol–water partition coefficient (Wildman–Crippen LogP) is 3.52. The number of aliphatic hydroxyl groups excluding tert-OH is 1. The molecule has 1 amide bonds. The maximum atomic E-state index is 16.0. The van der Waals surface area contributed by atoms with Gasteiger partial charge in [0, 0.05) is 29.7 Å². The van der Waals surface area contributed by atoms with E-state index < -0.39 is 24.1 Å². The summed E-state index contributed by atoms with van der Waals surface area (Å²) >= 11 is 0. The van der Waals surface area contributed by atoms with Crippen molar-refractivity contribution in [2.45, 2.75) is 33.0 Å². The number of nitrogens with zero attached hydrogens (tertiary/aromatic N) is 5. The van der Waals surface area contributed by atoms with E-state index in [0.717, 1.165) is 0 Å². The van der Waals surface area contributed by atoms with E-state index in [9.17, 15) is 9.90 Å². The van der Waals surface area contributed by atoms with Gasteiger partial charge in [0.25, 0.3) is 5.95 Å². The van der Waals surface area contributed by atoms with Gasteiger partial charge in [-0.2, -0.15) is 4.98 Å². The standard InChI is InChI=1S/C30H37FN8O6/c1-30(2,3)17-45-29(41)36-25(32)18-7-9-19(10-8-18)35-24(21-15-20(42-4)16-22(23(21)31)44-14-13-40)26-37-28(43-5)39(38-26)27-33-11-6-12-34-27/h6-12,15-16,24-25,35,40H,13-14,17,32H2,1-5H3,(H,36,41)/t24?,25-/m1/s1. The van der Waals surface area contributed by atoms with Crippen LogP contribution in [0.25, 0.3) is 5.95 Å². The molecule has 4 rings (SSSR count). The maximum Gasteiger partial charge on any atom is 0.408 e. The molecule has 2 aromatic heterocycles. The van der Waals surface area contributed by atoms with Gasteiger partial charge < -0.3 is 40.4 Å². The molecule has 0 aliphatic carbocycles. The summed E-state index contributed by atoms with van der Waals surface area (Å²) in [4.78, 5) is 25.1. The van der Waals surface area contributed by atoms with E-state index >= 15 is 4.39 Å². The first kappa shape index (κ1) is 32.9. The van der Waals surface area contributed by atoms with Gasteiger partial charge in [-0.1, -0.05) is 32.9 Å². The van der Waals surface area contributed by atoms with Crippen LogP contribution in [0, 0.1) is 11.2 Å². The van der Waals surface area contributed by atoms with Crippen molar-refractivity contribution >= 4 is 11.8 Å². The van der Waals surface area contributed by atoms with Crippen molar-refractivity contribution in [2.24, 2.45) is 11.1 Å². The van der Waals surface area contributed by atoms with Crippen molar-refractivity contribution in [1.82, 2.24) is 30.0 Å². The van der Waals surface area contributed by atoms with E-state index in [1.807, 2.05) is 20.8 Å². The van der Waals surface area contributed by atoms with Crippen LogP contribution >= 0.6 is 0 Å². The van der Waals surface area contributed by atoms with Crippen LogP contribution in [0.2, 0.25) is 0 Å². The molecule has 0 spiro atoms. The minimum Gasteiger partial charge on any atom is -0.497 e. The van der Waals surface area contributed by atoms with Crippen molar-refractivity contribution in [3.8, 4) is 23.5 Å². The molecule has 0 aliphatic rings. The smallest absolute Gasteiger partial charge is 0.408 e. The van der Waals surface area contributed by atoms with Crippen LogP contribution in [0.4, 0.5) is 14.9 Å². The van der Waals surface area contributed by atoms with E-state index in [1.165, 1.54) is 43.4 Å². The lowest BCUT2D eigenvalue weighted by Gasteiger charge is -2.21. The third-order valence-corrected chi connectivity index (χ3v) is 6.20. The van der Waals surface area contributed by atoms with Gasteiger partial charge in [-0.25, -0.2) is 19.2 Å². The van der Waals surface area contributed by atoms with Crippen molar-refractivity contribution in [1.29, 1.82) is 0 Å². The van der Waals surface area contributed by atoms with Crippen molar-refractivity contribution in [3.05, 3.63) is 77.6 Å². The molecule has 45 heavy (non-hydrogen) atoms. The zero-order valence-corrected chi connectivity index (χ0v) is 25.7. The van der Waals surface area contributed by atoms with Crippen LogP contribution in [-0.2, 0) is 4.74 Å². The number of aromatic nitrogens is 5. The maximum absolute atomic E-state index is 16.0. The van der Waals surface area contributed by atoms with Crippen LogP contribution in [0.3, 0.4) is 0 Å². The number of nitrogens with two attached hydrogens (primary N) is 1. The third-order valence-electron chi connectivity index (χ3n) is 6.20. The number of ether oxygens (including phenoxy) is 4. The monoisotopic (exact) mass is 624 g/mol. The molecule has 240 valence electrons. The van der Waals surface area contributed by atoms with Gasteiger partial charge in [-0.15, -0.1) is 9.78 Å². The molecular formula is C30H37FN8O6. The van der Waals surface area contributed by atoms with Gasteiger partial charge in [0.15, 0.2) is 17.4 Å². The normalized spacial score (nSPS) is 12.6. The molecular weight excluding hydrogens is 587 g/mol. The fourth-order valence-electron chi connectivity index (χ4n) is 4.05. The Morgan fingerprint density at radius 1 is 1.11 bits per heavy atom. The quantitative estimate of drug-likeness (QED) is 0.159. The molecule has 1 unspecified atom stereocenters. The van der Waals surface area contributed by atoms with Crippen molar-refractivity contribution in [2.75, 3.05) is 39.4 Å². The summed E-state index contributed by atoms with van der Waals surface area (Å²) < 4.78 is 38.8. The number of halogens is 1. The summed E-state index contributed by atoms with van der Waals surface area (Å²) in [7, 11) is 2.85. The summed E-state index contributed by atoms with van der Waals surface area (Å²) in [6.07, 6.45) is 1.61. The number of rotatable bonds is 13. The number of aliphatic hydroxyl groups is 1. The number of amides is 1. The summed E-state index contributed by atoms with van der Waals surface area (Å²) in [6.45, 7) is 5.63. The lowest BCUT2D eigenvalue weighted by atomic mass is 9.99. The van der Waals surface area contributed by atoms with Gasteiger partial charge in [0.2, 0.25) is 0 Å². The Morgan fingerprint density at radius 3 is 2.44 bits per heavy atom. The summed E-state index contributed by atoms with van der Waals surface area (Å²) in [6, 6.07) is 10.4. The van der Waals surface area contributed by atoms with Gasteiger partial charge in [-0.3, -0.25) is 0 Å². The first-order valence-electron chi connectivity index (χ1n) is 14.0. The summed E-state index contributed by atoms with van der Waals surface area (Å²) in [5.41, 5.74) is 7.22.